The normalized spacial score (nSPS) is 15.9. The van der Waals surface area contributed by atoms with Gasteiger partial charge in [-0.25, -0.2) is 4.68 Å². The number of fused-ring (bicyclic) bond motifs is 2. The van der Waals surface area contributed by atoms with Crippen molar-refractivity contribution < 1.29 is 19.1 Å². The second-order valence-corrected chi connectivity index (χ2v) is 11.3. The smallest absolute Gasteiger partial charge is 0.240 e. The first-order chi connectivity index (χ1) is 20.0. The quantitative estimate of drug-likeness (QED) is 0.313. The van der Waals surface area contributed by atoms with Gasteiger partial charge in [0.05, 0.1) is 22.4 Å². The van der Waals surface area contributed by atoms with Gasteiger partial charge in [0.15, 0.2) is 11.5 Å². The molecular weight excluding hydrogens is 536 g/mol. The SMILES string of the molecule is CCCNC(=O)CN1C(=O)CS[C@H](c2ccc3c(c2)OCO3)c2c(-c3ccccc3)nn(-c3cccc(C)c3C)c21. The topological polar surface area (TPSA) is 85.7 Å². The summed E-state index contributed by atoms with van der Waals surface area (Å²) in [5.41, 5.74) is 6.60. The molecule has 0 fully saturated rings. The lowest BCUT2D eigenvalue weighted by Gasteiger charge is -2.24. The molecule has 1 atom stereocenters. The summed E-state index contributed by atoms with van der Waals surface area (Å²) in [4.78, 5) is 28.6. The molecule has 4 aromatic rings. The molecule has 0 saturated heterocycles. The Morgan fingerprint density at radius 3 is 2.66 bits per heavy atom. The van der Waals surface area contributed by atoms with Gasteiger partial charge in [-0.2, -0.15) is 5.10 Å². The van der Waals surface area contributed by atoms with Crippen molar-refractivity contribution in [1.82, 2.24) is 15.1 Å². The first kappa shape index (κ1) is 27.0. The van der Waals surface area contributed by atoms with Crippen molar-refractivity contribution in [2.24, 2.45) is 0 Å². The fraction of sp³-hybridized carbons (Fsp3) is 0.281. The number of aromatic nitrogens is 2. The van der Waals surface area contributed by atoms with Crippen molar-refractivity contribution in [1.29, 1.82) is 0 Å². The maximum Gasteiger partial charge on any atom is 0.240 e. The van der Waals surface area contributed by atoms with E-state index < -0.39 is 0 Å². The lowest BCUT2D eigenvalue weighted by molar-refractivity contribution is -0.122. The van der Waals surface area contributed by atoms with E-state index in [1.54, 1.807) is 4.90 Å². The van der Waals surface area contributed by atoms with Crippen LogP contribution in [0.4, 0.5) is 5.82 Å². The van der Waals surface area contributed by atoms with E-state index in [0.717, 1.165) is 45.6 Å². The number of anilines is 1. The number of carbonyl (C=O) groups excluding carboxylic acids is 2. The standard InChI is InChI=1S/C32H32N4O4S/c1-4-15-33-27(37)17-35-28(38)18-41-31(23-13-14-25-26(16-23)40-19-39-25)29-30(22-10-6-5-7-11-22)34-36(32(29)35)24-12-8-9-20(2)21(24)3/h5-14,16,31H,4,15,17-19H2,1-3H3,(H,33,37)/t31-/m1/s1. The predicted octanol–water partition coefficient (Wildman–Crippen LogP) is 5.58. The average molecular weight is 569 g/mol. The number of hydrogen-bond acceptors (Lipinski definition) is 6. The molecule has 2 aliphatic heterocycles. The Morgan fingerprint density at radius 1 is 1.05 bits per heavy atom. The monoisotopic (exact) mass is 568 g/mol. The van der Waals surface area contributed by atoms with Crippen molar-refractivity contribution in [3.05, 3.63) is 89.0 Å². The van der Waals surface area contributed by atoms with Gasteiger partial charge in [-0.05, 0) is 55.2 Å². The summed E-state index contributed by atoms with van der Waals surface area (Å²) < 4.78 is 13.1. The molecule has 1 N–H and O–H groups in total. The van der Waals surface area contributed by atoms with Gasteiger partial charge in [0, 0.05) is 17.7 Å². The van der Waals surface area contributed by atoms with Gasteiger partial charge in [-0.3, -0.25) is 14.5 Å². The lowest BCUT2D eigenvalue weighted by atomic mass is 9.99. The van der Waals surface area contributed by atoms with Crippen LogP contribution in [0.1, 0.15) is 40.8 Å². The van der Waals surface area contributed by atoms with Crippen LogP contribution in [0.3, 0.4) is 0 Å². The van der Waals surface area contributed by atoms with Gasteiger partial charge in [0.25, 0.3) is 0 Å². The Hall–Kier alpha value is -4.24. The predicted molar refractivity (Wildman–Crippen MR) is 161 cm³/mol. The number of nitrogens with zero attached hydrogens (tertiary/aromatic N) is 3. The molecule has 0 bridgehead atoms. The van der Waals surface area contributed by atoms with Gasteiger partial charge < -0.3 is 14.8 Å². The van der Waals surface area contributed by atoms with Crippen LogP contribution < -0.4 is 19.7 Å². The summed E-state index contributed by atoms with van der Waals surface area (Å²) in [6, 6.07) is 22.0. The van der Waals surface area contributed by atoms with Gasteiger partial charge in [-0.15, -0.1) is 11.8 Å². The minimum atomic E-state index is -0.249. The fourth-order valence-corrected chi connectivity index (χ4v) is 6.45. The summed E-state index contributed by atoms with van der Waals surface area (Å²) in [5, 5.41) is 7.89. The number of rotatable bonds is 7. The Labute approximate surface area is 243 Å². The second-order valence-electron chi connectivity index (χ2n) is 10.2. The highest BCUT2D eigenvalue weighted by Crippen LogP contribution is 2.50. The van der Waals surface area contributed by atoms with Crippen LogP contribution in [-0.4, -0.2) is 47.2 Å². The van der Waals surface area contributed by atoms with E-state index in [4.69, 9.17) is 14.6 Å². The van der Waals surface area contributed by atoms with E-state index in [2.05, 4.69) is 25.2 Å². The summed E-state index contributed by atoms with van der Waals surface area (Å²) in [6.07, 6.45) is 0.811. The third-order valence-corrected chi connectivity index (χ3v) is 8.77. The van der Waals surface area contributed by atoms with Gasteiger partial charge in [0.1, 0.15) is 12.4 Å². The number of benzene rings is 3. The van der Waals surface area contributed by atoms with Crippen molar-refractivity contribution in [2.75, 3.05) is 30.5 Å². The van der Waals surface area contributed by atoms with E-state index >= 15 is 0 Å². The summed E-state index contributed by atoms with van der Waals surface area (Å²) >= 11 is 1.53. The number of aryl methyl sites for hydroxylation is 1. The van der Waals surface area contributed by atoms with E-state index in [1.165, 1.54) is 11.8 Å². The Bertz CT molecular complexity index is 1620. The maximum absolute atomic E-state index is 13.9. The Morgan fingerprint density at radius 2 is 1.85 bits per heavy atom. The Kier molecular flexibility index (Phi) is 7.45. The average Bonchev–Trinajstić information content (AvgIpc) is 3.58. The van der Waals surface area contributed by atoms with Gasteiger partial charge in [-0.1, -0.05) is 55.5 Å². The number of hydrogen-bond donors (Lipinski definition) is 1. The summed E-state index contributed by atoms with van der Waals surface area (Å²) in [5.74, 6) is 1.86. The lowest BCUT2D eigenvalue weighted by Crippen LogP contribution is -2.42. The molecular formula is C32H32N4O4S. The van der Waals surface area contributed by atoms with Crippen LogP contribution in [0.2, 0.25) is 0 Å². The molecule has 0 saturated carbocycles. The molecule has 3 aromatic carbocycles. The molecule has 9 heteroatoms. The highest BCUT2D eigenvalue weighted by Gasteiger charge is 2.38. The van der Waals surface area contributed by atoms with E-state index in [9.17, 15) is 9.59 Å². The summed E-state index contributed by atoms with van der Waals surface area (Å²) in [7, 11) is 0. The van der Waals surface area contributed by atoms with Crippen LogP contribution in [-0.2, 0) is 9.59 Å². The van der Waals surface area contributed by atoms with Gasteiger partial charge in [0.2, 0.25) is 18.6 Å². The number of thioether (sulfide) groups is 1. The fourth-order valence-electron chi connectivity index (χ4n) is 5.26. The summed E-state index contributed by atoms with van der Waals surface area (Å²) in [6.45, 7) is 6.76. The number of carbonyl (C=O) groups is 2. The highest BCUT2D eigenvalue weighted by molar-refractivity contribution is 8.00. The number of amides is 2. The van der Waals surface area contributed by atoms with E-state index in [1.807, 2.05) is 72.3 Å². The zero-order valence-corrected chi connectivity index (χ0v) is 24.2. The zero-order chi connectivity index (χ0) is 28.5. The molecule has 0 radical (unpaired) electrons. The van der Waals surface area contributed by atoms with Crippen LogP contribution in [0, 0.1) is 13.8 Å². The second kappa shape index (κ2) is 11.3. The molecule has 0 aliphatic carbocycles. The Balaban J connectivity index is 1.62. The first-order valence-corrected chi connectivity index (χ1v) is 14.8. The van der Waals surface area contributed by atoms with Crippen LogP contribution in [0.5, 0.6) is 11.5 Å². The molecule has 2 aliphatic rings. The largest absolute Gasteiger partial charge is 0.454 e. The first-order valence-electron chi connectivity index (χ1n) is 13.8. The molecule has 3 heterocycles. The highest BCUT2D eigenvalue weighted by atomic mass is 32.2. The van der Waals surface area contributed by atoms with Crippen LogP contribution in [0.25, 0.3) is 16.9 Å². The molecule has 1 aromatic heterocycles. The molecule has 0 unspecified atom stereocenters. The van der Waals surface area contributed by atoms with Crippen molar-refractivity contribution in [3.8, 4) is 28.4 Å². The van der Waals surface area contributed by atoms with E-state index in [0.29, 0.717) is 23.9 Å². The van der Waals surface area contributed by atoms with Gasteiger partial charge >= 0.3 is 0 Å². The molecule has 2 amide bonds. The van der Waals surface area contributed by atoms with Crippen LogP contribution in [0.15, 0.2) is 66.7 Å². The molecule has 41 heavy (non-hydrogen) atoms. The molecule has 6 rings (SSSR count). The number of ether oxygens (including phenoxy) is 2. The molecule has 8 nitrogen and oxygen atoms in total. The molecule has 210 valence electrons. The molecule has 0 spiro atoms. The number of nitrogens with one attached hydrogen (secondary N) is 1. The van der Waals surface area contributed by atoms with E-state index in [-0.39, 0.29) is 36.2 Å². The maximum atomic E-state index is 13.9. The minimum Gasteiger partial charge on any atom is -0.454 e. The van der Waals surface area contributed by atoms with Crippen molar-refractivity contribution in [2.45, 2.75) is 32.4 Å². The minimum absolute atomic E-state index is 0.0922. The zero-order valence-electron chi connectivity index (χ0n) is 23.3. The van der Waals surface area contributed by atoms with Crippen molar-refractivity contribution >= 4 is 29.4 Å². The van der Waals surface area contributed by atoms with Crippen LogP contribution >= 0.6 is 11.8 Å². The van der Waals surface area contributed by atoms with Crippen molar-refractivity contribution in [3.63, 3.8) is 0 Å². The third kappa shape index (κ3) is 5.06. The third-order valence-electron chi connectivity index (χ3n) is 7.51.